The van der Waals surface area contributed by atoms with Crippen LogP contribution in [0.5, 0.6) is 0 Å². The largest absolute Gasteiger partial charge is 0.464 e. The number of rotatable bonds is 3. The molecule has 0 radical (unpaired) electrons. The molecule has 156 valence electrons. The Bertz CT molecular complexity index is 1410. The lowest BCUT2D eigenvalue weighted by molar-refractivity contribution is 0.239. The molecule has 2 aromatic carbocycles. The third kappa shape index (κ3) is 3.90. The number of fused-ring (bicyclic) bond motifs is 2. The van der Waals surface area contributed by atoms with Gasteiger partial charge < -0.3 is 9.40 Å². The average Bonchev–Trinajstić information content (AvgIpc) is 2.77. The number of nitrogens with one attached hydrogen (secondary N) is 1. The van der Waals surface area contributed by atoms with E-state index < -0.39 is 0 Å². The molecule has 0 bridgehead atoms. The molecular weight excluding hydrogens is 437 g/mol. The minimum atomic E-state index is -0.169. The van der Waals surface area contributed by atoms with Crippen LogP contribution >= 0.6 is 23.2 Å². The Morgan fingerprint density at radius 2 is 1.84 bits per heavy atom. The van der Waals surface area contributed by atoms with Crippen molar-refractivity contribution in [1.29, 1.82) is 0 Å². The van der Waals surface area contributed by atoms with Gasteiger partial charge in [-0.2, -0.15) is 0 Å². The van der Waals surface area contributed by atoms with E-state index in [4.69, 9.17) is 27.6 Å². The van der Waals surface area contributed by atoms with Gasteiger partial charge in [-0.1, -0.05) is 23.2 Å². The van der Waals surface area contributed by atoms with Crippen molar-refractivity contribution in [2.45, 2.75) is 19.5 Å². The number of hydrogen-bond acceptors (Lipinski definition) is 5. The predicted octanol–water partition coefficient (Wildman–Crippen LogP) is 4.41. The van der Waals surface area contributed by atoms with Crippen LogP contribution in [0.3, 0.4) is 0 Å². The zero-order valence-corrected chi connectivity index (χ0v) is 17.8. The van der Waals surface area contributed by atoms with Crippen molar-refractivity contribution >= 4 is 34.2 Å². The van der Waals surface area contributed by atoms with Gasteiger partial charge in [-0.05, 0) is 42.5 Å². The Balaban J connectivity index is 1.42. The molecule has 1 N–H and O–H groups in total. The summed E-state index contributed by atoms with van der Waals surface area (Å²) < 4.78 is 5.61. The molecule has 5 rings (SSSR count). The first kappa shape index (κ1) is 20.0. The Morgan fingerprint density at radius 3 is 2.65 bits per heavy atom. The smallest absolute Gasteiger partial charge is 0.255 e. The number of nitrogens with zero attached hydrogens (tertiary/aromatic N) is 2. The highest BCUT2D eigenvalue weighted by atomic mass is 35.5. The van der Waals surface area contributed by atoms with E-state index in [1.807, 2.05) is 17.0 Å². The summed E-state index contributed by atoms with van der Waals surface area (Å²) in [6.45, 7) is 1.46. The fourth-order valence-corrected chi connectivity index (χ4v) is 4.15. The van der Waals surface area contributed by atoms with Crippen LogP contribution in [0, 0.1) is 0 Å². The summed E-state index contributed by atoms with van der Waals surface area (Å²) in [5.74, 6) is 0.529. The predicted molar refractivity (Wildman–Crippen MR) is 121 cm³/mol. The molecule has 0 spiro atoms. The summed E-state index contributed by atoms with van der Waals surface area (Å²) in [6, 6.07) is 12.2. The van der Waals surface area contributed by atoms with Gasteiger partial charge in [0.2, 0.25) is 0 Å². The van der Waals surface area contributed by atoms with E-state index in [2.05, 4.69) is 9.97 Å². The van der Waals surface area contributed by atoms with Gasteiger partial charge in [-0.3, -0.25) is 14.5 Å². The molecule has 3 heterocycles. The molecule has 0 saturated carbocycles. The number of aromatic amines is 1. The van der Waals surface area contributed by atoms with Crippen LogP contribution < -0.4 is 11.0 Å². The van der Waals surface area contributed by atoms with E-state index in [1.54, 1.807) is 30.3 Å². The average molecular weight is 454 g/mol. The molecule has 4 aromatic rings. The summed E-state index contributed by atoms with van der Waals surface area (Å²) in [5, 5.41) is 1.56. The van der Waals surface area contributed by atoms with Crippen LogP contribution in [-0.4, -0.2) is 21.4 Å². The summed E-state index contributed by atoms with van der Waals surface area (Å²) in [7, 11) is 0. The van der Waals surface area contributed by atoms with Gasteiger partial charge in [0.15, 0.2) is 5.43 Å². The second kappa shape index (κ2) is 7.96. The van der Waals surface area contributed by atoms with E-state index in [9.17, 15) is 9.59 Å². The molecule has 31 heavy (non-hydrogen) atoms. The summed E-state index contributed by atoms with van der Waals surface area (Å²) in [6.07, 6.45) is 2.10. The first-order chi connectivity index (χ1) is 15.0. The van der Waals surface area contributed by atoms with Crippen LogP contribution in [-0.2, 0) is 19.5 Å². The van der Waals surface area contributed by atoms with Crippen molar-refractivity contribution in [2.75, 3.05) is 6.54 Å². The van der Waals surface area contributed by atoms with E-state index in [0.29, 0.717) is 64.0 Å². The van der Waals surface area contributed by atoms with Crippen molar-refractivity contribution in [2.24, 2.45) is 0 Å². The highest BCUT2D eigenvalue weighted by Gasteiger charge is 2.23. The lowest BCUT2D eigenvalue weighted by Crippen LogP contribution is -2.36. The normalized spacial score (nSPS) is 14.0. The Labute approximate surface area is 187 Å². The monoisotopic (exact) mass is 453 g/mol. The quantitative estimate of drug-likeness (QED) is 0.496. The molecule has 8 heteroatoms. The molecular formula is C23H17Cl2N3O3. The van der Waals surface area contributed by atoms with Crippen LogP contribution in [0.1, 0.15) is 16.8 Å². The van der Waals surface area contributed by atoms with Crippen molar-refractivity contribution in [1.82, 2.24) is 14.9 Å². The number of H-pyrrole nitrogens is 1. The zero-order chi connectivity index (χ0) is 21.5. The Morgan fingerprint density at radius 1 is 1.06 bits per heavy atom. The second-order valence-electron chi connectivity index (χ2n) is 7.54. The molecule has 0 aliphatic carbocycles. The Kier molecular flexibility index (Phi) is 5.14. The fraction of sp³-hybridized carbons (Fsp3) is 0.174. The molecule has 0 fully saturated rings. The zero-order valence-electron chi connectivity index (χ0n) is 16.3. The lowest BCUT2D eigenvalue weighted by atomic mass is 10.1. The highest BCUT2D eigenvalue weighted by Crippen LogP contribution is 2.22. The van der Waals surface area contributed by atoms with Gasteiger partial charge in [0.1, 0.15) is 11.4 Å². The Hall–Kier alpha value is -2.93. The minimum absolute atomic E-state index is 0.111. The van der Waals surface area contributed by atoms with E-state index in [1.165, 1.54) is 6.26 Å². The molecule has 2 aromatic heterocycles. The molecule has 0 atom stereocenters. The van der Waals surface area contributed by atoms with Gasteiger partial charge in [-0.15, -0.1) is 0 Å². The molecule has 0 amide bonds. The van der Waals surface area contributed by atoms with Crippen LogP contribution in [0.15, 0.2) is 62.7 Å². The number of aromatic nitrogens is 2. The van der Waals surface area contributed by atoms with Gasteiger partial charge in [0.05, 0.1) is 22.9 Å². The van der Waals surface area contributed by atoms with Gasteiger partial charge in [0.25, 0.3) is 5.56 Å². The topological polar surface area (TPSA) is 79.2 Å². The highest BCUT2D eigenvalue weighted by molar-refractivity contribution is 6.31. The SMILES string of the molecule is O=c1[nH]c(-c2ccc(Cl)cc2)nc2c1CN(Cc1coc3ccc(Cl)cc3c1=O)CC2. The fourth-order valence-electron chi connectivity index (χ4n) is 3.85. The molecule has 1 aliphatic heterocycles. The third-order valence-corrected chi connectivity index (χ3v) is 5.95. The lowest BCUT2D eigenvalue weighted by Gasteiger charge is -2.27. The molecule has 1 aliphatic rings. The van der Waals surface area contributed by atoms with Crippen LogP contribution in [0.4, 0.5) is 0 Å². The molecule has 0 unspecified atom stereocenters. The van der Waals surface area contributed by atoms with Crippen molar-refractivity contribution in [3.63, 3.8) is 0 Å². The standard InChI is InChI=1S/C23H17Cl2N3O3/c24-15-3-1-13(2-4-15)22-26-19-7-8-28(11-18(19)23(30)27-22)10-14-12-31-20-6-5-16(25)9-17(20)21(14)29/h1-6,9,12H,7-8,10-11H2,(H,26,27,30). The molecule has 0 saturated heterocycles. The second-order valence-corrected chi connectivity index (χ2v) is 8.41. The maximum atomic E-state index is 12.9. The third-order valence-electron chi connectivity index (χ3n) is 5.47. The first-order valence-corrected chi connectivity index (χ1v) is 10.5. The van der Waals surface area contributed by atoms with Gasteiger partial charge in [-0.25, -0.2) is 4.98 Å². The summed E-state index contributed by atoms with van der Waals surface area (Å²) in [4.78, 5) is 35.2. The van der Waals surface area contributed by atoms with E-state index in [-0.39, 0.29) is 11.0 Å². The first-order valence-electron chi connectivity index (χ1n) is 9.78. The summed E-state index contributed by atoms with van der Waals surface area (Å²) in [5.41, 5.74) is 2.95. The molecule has 6 nitrogen and oxygen atoms in total. The maximum Gasteiger partial charge on any atom is 0.255 e. The van der Waals surface area contributed by atoms with Gasteiger partial charge >= 0.3 is 0 Å². The maximum absolute atomic E-state index is 12.9. The summed E-state index contributed by atoms with van der Waals surface area (Å²) >= 11 is 12.0. The van der Waals surface area contributed by atoms with Crippen molar-refractivity contribution in [3.05, 3.63) is 96.2 Å². The van der Waals surface area contributed by atoms with Gasteiger partial charge in [0, 0.05) is 47.2 Å². The van der Waals surface area contributed by atoms with Crippen molar-refractivity contribution in [3.8, 4) is 11.4 Å². The van der Waals surface area contributed by atoms with Crippen LogP contribution in [0.25, 0.3) is 22.4 Å². The number of hydrogen-bond donors (Lipinski definition) is 1. The van der Waals surface area contributed by atoms with Crippen molar-refractivity contribution < 1.29 is 4.42 Å². The van der Waals surface area contributed by atoms with E-state index in [0.717, 1.165) is 11.3 Å². The number of benzene rings is 2. The number of halogens is 2. The minimum Gasteiger partial charge on any atom is -0.464 e. The van der Waals surface area contributed by atoms with Crippen LogP contribution in [0.2, 0.25) is 10.0 Å². The van der Waals surface area contributed by atoms with E-state index >= 15 is 0 Å².